The highest BCUT2D eigenvalue weighted by atomic mass is 16.5. The van der Waals surface area contributed by atoms with Crippen LogP contribution in [0.5, 0.6) is 11.5 Å². The Kier molecular flexibility index (Phi) is 2.77. The molecule has 0 aliphatic heterocycles. The third-order valence-electron chi connectivity index (χ3n) is 2.35. The summed E-state index contributed by atoms with van der Waals surface area (Å²) in [6, 6.07) is 12.0. The maximum Gasteiger partial charge on any atom is 0.130 e. The Balaban J connectivity index is 2.69. The molecule has 0 unspecified atom stereocenters. The zero-order chi connectivity index (χ0) is 10.7. The molecule has 2 rings (SSSR count). The van der Waals surface area contributed by atoms with E-state index in [0.717, 1.165) is 22.3 Å². The fourth-order valence-electron chi connectivity index (χ4n) is 1.72. The van der Waals surface area contributed by atoms with Crippen molar-refractivity contribution in [3.8, 4) is 11.5 Å². The van der Waals surface area contributed by atoms with E-state index in [9.17, 15) is 0 Å². The topological polar surface area (TPSA) is 18.5 Å². The second-order valence-corrected chi connectivity index (χ2v) is 3.25. The molecule has 0 saturated heterocycles. The average Bonchev–Trinajstić information content (AvgIpc) is 2.29. The van der Waals surface area contributed by atoms with Crippen molar-refractivity contribution >= 4 is 10.8 Å². The van der Waals surface area contributed by atoms with E-state index in [1.54, 1.807) is 7.11 Å². The largest absolute Gasteiger partial charge is 0.496 e. The van der Waals surface area contributed by atoms with Crippen LogP contribution in [0.4, 0.5) is 0 Å². The van der Waals surface area contributed by atoms with Crippen molar-refractivity contribution in [1.82, 2.24) is 0 Å². The predicted molar refractivity (Wildman–Crippen MR) is 61.7 cm³/mol. The van der Waals surface area contributed by atoms with Crippen LogP contribution in [-0.2, 0) is 0 Å². The van der Waals surface area contributed by atoms with E-state index < -0.39 is 0 Å². The van der Waals surface area contributed by atoms with Gasteiger partial charge in [-0.3, -0.25) is 0 Å². The van der Waals surface area contributed by atoms with Gasteiger partial charge in [0.05, 0.1) is 19.1 Å². The molecule has 0 aliphatic carbocycles. The average molecular weight is 202 g/mol. The lowest BCUT2D eigenvalue weighted by Crippen LogP contribution is -1.93. The summed E-state index contributed by atoms with van der Waals surface area (Å²) in [6.45, 7) is 2.64. The quantitative estimate of drug-likeness (QED) is 0.760. The van der Waals surface area contributed by atoms with Gasteiger partial charge in [0, 0.05) is 0 Å². The lowest BCUT2D eigenvalue weighted by Gasteiger charge is -2.10. The standard InChI is InChI=1S/C13H14O2/c1-3-15-12-9-5-7-10-6-4-8-11(14-2)13(10)12/h4-9H,3H2,1-2H3. The van der Waals surface area contributed by atoms with Crippen molar-refractivity contribution in [3.05, 3.63) is 36.4 Å². The van der Waals surface area contributed by atoms with E-state index in [1.165, 1.54) is 0 Å². The summed E-state index contributed by atoms with van der Waals surface area (Å²) in [7, 11) is 1.68. The molecule has 0 spiro atoms. The summed E-state index contributed by atoms with van der Waals surface area (Å²) in [4.78, 5) is 0. The number of benzene rings is 2. The maximum absolute atomic E-state index is 5.58. The normalized spacial score (nSPS) is 10.3. The van der Waals surface area contributed by atoms with Crippen molar-refractivity contribution in [2.75, 3.05) is 13.7 Å². The first kappa shape index (κ1) is 9.84. The molecule has 78 valence electrons. The van der Waals surface area contributed by atoms with Crippen molar-refractivity contribution < 1.29 is 9.47 Å². The van der Waals surface area contributed by atoms with E-state index in [0.29, 0.717) is 6.61 Å². The van der Waals surface area contributed by atoms with E-state index >= 15 is 0 Å². The van der Waals surface area contributed by atoms with Gasteiger partial charge in [-0.05, 0) is 24.4 Å². The molecule has 15 heavy (non-hydrogen) atoms. The van der Waals surface area contributed by atoms with Gasteiger partial charge in [0.25, 0.3) is 0 Å². The molecule has 2 heteroatoms. The first-order valence-corrected chi connectivity index (χ1v) is 5.05. The zero-order valence-electron chi connectivity index (χ0n) is 8.99. The molecule has 2 aromatic carbocycles. The fraction of sp³-hybridized carbons (Fsp3) is 0.231. The van der Waals surface area contributed by atoms with Crippen molar-refractivity contribution in [2.24, 2.45) is 0 Å². The Morgan fingerprint density at radius 3 is 2.27 bits per heavy atom. The Morgan fingerprint density at radius 2 is 1.67 bits per heavy atom. The van der Waals surface area contributed by atoms with Crippen LogP contribution >= 0.6 is 0 Å². The van der Waals surface area contributed by atoms with Crippen molar-refractivity contribution in [2.45, 2.75) is 6.92 Å². The van der Waals surface area contributed by atoms with Crippen LogP contribution < -0.4 is 9.47 Å². The lowest BCUT2D eigenvalue weighted by molar-refractivity contribution is 0.342. The van der Waals surface area contributed by atoms with Gasteiger partial charge in [-0.2, -0.15) is 0 Å². The molecule has 2 aromatic rings. The first-order chi connectivity index (χ1) is 7.36. The minimum absolute atomic E-state index is 0.664. The molecule has 0 aromatic heterocycles. The summed E-state index contributed by atoms with van der Waals surface area (Å²) >= 11 is 0. The Morgan fingerprint density at radius 1 is 1.00 bits per heavy atom. The number of fused-ring (bicyclic) bond motifs is 1. The number of hydrogen-bond acceptors (Lipinski definition) is 2. The van der Waals surface area contributed by atoms with E-state index in [-0.39, 0.29) is 0 Å². The number of rotatable bonds is 3. The molecular formula is C13H14O2. The highest BCUT2D eigenvalue weighted by Gasteiger charge is 2.06. The number of ether oxygens (including phenoxy) is 2. The van der Waals surface area contributed by atoms with Gasteiger partial charge in [0.15, 0.2) is 0 Å². The smallest absolute Gasteiger partial charge is 0.130 e. The van der Waals surface area contributed by atoms with Crippen LogP contribution in [0, 0.1) is 0 Å². The minimum Gasteiger partial charge on any atom is -0.496 e. The molecule has 0 saturated carbocycles. The van der Waals surface area contributed by atoms with Gasteiger partial charge in [0.1, 0.15) is 11.5 Å². The van der Waals surface area contributed by atoms with Gasteiger partial charge in [0.2, 0.25) is 0 Å². The second kappa shape index (κ2) is 4.22. The van der Waals surface area contributed by atoms with Crippen LogP contribution in [0.2, 0.25) is 0 Å². The van der Waals surface area contributed by atoms with Crippen LogP contribution in [0.1, 0.15) is 6.92 Å². The van der Waals surface area contributed by atoms with E-state index in [2.05, 4.69) is 12.1 Å². The van der Waals surface area contributed by atoms with Gasteiger partial charge in [-0.1, -0.05) is 24.3 Å². The molecule has 0 amide bonds. The molecule has 0 bridgehead atoms. The minimum atomic E-state index is 0.664. The third kappa shape index (κ3) is 1.75. The Hall–Kier alpha value is -1.70. The van der Waals surface area contributed by atoms with Crippen LogP contribution in [0.3, 0.4) is 0 Å². The van der Waals surface area contributed by atoms with E-state index in [4.69, 9.17) is 9.47 Å². The maximum atomic E-state index is 5.58. The van der Waals surface area contributed by atoms with Gasteiger partial charge in [-0.25, -0.2) is 0 Å². The van der Waals surface area contributed by atoms with Crippen LogP contribution in [0.25, 0.3) is 10.8 Å². The molecule has 0 N–H and O–H groups in total. The molecule has 0 radical (unpaired) electrons. The highest BCUT2D eigenvalue weighted by molar-refractivity contribution is 5.93. The van der Waals surface area contributed by atoms with Gasteiger partial charge < -0.3 is 9.47 Å². The first-order valence-electron chi connectivity index (χ1n) is 5.05. The van der Waals surface area contributed by atoms with E-state index in [1.807, 2.05) is 31.2 Å². The fourth-order valence-corrected chi connectivity index (χ4v) is 1.72. The highest BCUT2D eigenvalue weighted by Crippen LogP contribution is 2.33. The monoisotopic (exact) mass is 202 g/mol. The molecule has 0 fully saturated rings. The Bertz CT molecular complexity index is 458. The summed E-state index contributed by atoms with van der Waals surface area (Å²) < 4.78 is 10.9. The molecular weight excluding hydrogens is 188 g/mol. The third-order valence-corrected chi connectivity index (χ3v) is 2.35. The molecule has 0 heterocycles. The van der Waals surface area contributed by atoms with Gasteiger partial charge in [-0.15, -0.1) is 0 Å². The summed E-state index contributed by atoms with van der Waals surface area (Å²) in [5.41, 5.74) is 0. The number of hydrogen-bond donors (Lipinski definition) is 0. The van der Waals surface area contributed by atoms with Crippen molar-refractivity contribution in [3.63, 3.8) is 0 Å². The molecule has 0 aliphatic rings. The SMILES string of the molecule is CCOc1cccc2cccc(OC)c12. The van der Waals surface area contributed by atoms with Crippen molar-refractivity contribution in [1.29, 1.82) is 0 Å². The summed E-state index contributed by atoms with van der Waals surface area (Å²) in [6.07, 6.45) is 0. The summed E-state index contributed by atoms with van der Waals surface area (Å²) in [5, 5.41) is 2.18. The van der Waals surface area contributed by atoms with Crippen LogP contribution in [0.15, 0.2) is 36.4 Å². The zero-order valence-corrected chi connectivity index (χ0v) is 8.99. The second-order valence-electron chi connectivity index (χ2n) is 3.25. The summed E-state index contributed by atoms with van der Waals surface area (Å²) in [5.74, 6) is 1.74. The Labute approximate surface area is 89.4 Å². The number of methoxy groups -OCH3 is 1. The van der Waals surface area contributed by atoms with Crippen LogP contribution in [-0.4, -0.2) is 13.7 Å². The van der Waals surface area contributed by atoms with Gasteiger partial charge >= 0.3 is 0 Å². The predicted octanol–water partition coefficient (Wildman–Crippen LogP) is 3.25. The lowest BCUT2D eigenvalue weighted by atomic mass is 10.1. The molecule has 0 atom stereocenters. The molecule has 2 nitrogen and oxygen atoms in total.